The molecule has 6 aromatic rings. The Morgan fingerprint density at radius 2 is 1.03 bits per heavy atom. The summed E-state index contributed by atoms with van der Waals surface area (Å²) < 4.78 is 6.81. The van der Waals surface area contributed by atoms with E-state index in [1.54, 1.807) is 0 Å². The highest BCUT2D eigenvalue weighted by molar-refractivity contribution is 7.67. The predicted molar refractivity (Wildman–Crippen MR) is 172 cm³/mol. The van der Waals surface area contributed by atoms with Crippen LogP contribution < -0.4 is 10.0 Å². The molecule has 0 fully saturated rings. The number of hydrogen-bond acceptors (Lipinski definition) is 1. The fourth-order valence-corrected chi connectivity index (χ4v) is 9.14. The van der Waals surface area contributed by atoms with Crippen molar-refractivity contribution in [3.05, 3.63) is 121 Å². The normalized spacial score (nSPS) is 11.9. The van der Waals surface area contributed by atoms with E-state index in [1.165, 1.54) is 54.3 Å². The van der Waals surface area contributed by atoms with Gasteiger partial charge in [0.2, 0.25) is 0 Å². The first-order valence-corrected chi connectivity index (χ1v) is 15.4. The third kappa shape index (κ3) is 4.81. The first-order valence-electron chi connectivity index (χ1n) is 13.9. The van der Waals surface area contributed by atoms with E-state index in [0.29, 0.717) is 17.9 Å². The van der Waals surface area contributed by atoms with Crippen LogP contribution >= 0.6 is 7.92 Å². The second kappa shape index (κ2) is 10.8. The summed E-state index contributed by atoms with van der Waals surface area (Å²) in [7, 11) is -0.391. The van der Waals surface area contributed by atoms with Gasteiger partial charge in [-0.1, -0.05) is 145 Å². The molecule has 6 aromatic carbocycles. The highest BCUT2D eigenvalue weighted by Gasteiger charge is 2.26. The maximum Gasteiger partial charge on any atom is 0.128 e. The lowest BCUT2D eigenvalue weighted by Gasteiger charge is -2.30. The molecule has 39 heavy (non-hydrogen) atoms. The van der Waals surface area contributed by atoms with Crippen LogP contribution in [0.2, 0.25) is 0 Å². The molecule has 0 bridgehead atoms. The van der Waals surface area contributed by atoms with E-state index >= 15 is 0 Å². The van der Waals surface area contributed by atoms with Crippen LogP contribution in [-0.2, 0) is 6.61 Å². The average molecular weight is 527 g/mol. The summed E-state index contributed by atoms with van der Waals surface area (Å²) in [6.45, 7) is 10.0. The van der Waals surface area contributed by atoms with Crippen molar-refractivity contribution in [2.24, 2.45) is 0 Å². The Hall–Kier alpha value is -3.67. The first kappa shape index (κ1) is 25.6. The van der Waals surface area contributed by atoms with Crippen molar-refractivity contribution < 1.29 is 4.74 Å². The summed E-state index contributed by atoms with van der Waals surface area (Å²) >= 11 is 0. The maximum absolute atomic E-state index is 6.81. The summed E-state index contributed by atoms with van der Waals surface area (Å²) in [5, 5.41) is 9.02. The Morgan fingerprint density at radius 1 is 0.513 bits per heavy atom. The van der Waals surface area contributed by atoms with Crippen LogP contribution in [0.3, 0.4) is 0 Å². The van der Waals surface area contributed by atoms with Gasteiger partial charge in [0.05, 0.1) is 0 Å². The van der Waals surface area contributed by atoms with Gasteiger partial charge in [-0.25, -0.2) is 0 Å². The molecular weight excluding hydrogens is 491 g/mol. The third-order valence-electron chi connectivity index (χ3n) is 7.70. The summed E-state index contributed by atoms with van der Waals surface area (Å²) in [6.07, 6.45) is 0. The molecule has 0 aliphatic heterocycles. The summed E-state index contributed by atoms with van der Waals surface area (Å²) in [5.74, 6) is 0.946. The average Bonchev–Trinajstić information content (AvgIpc) is 2.95. The highest BCUT2D eigenvalue weighted by atomic mass is 31.1. The highest BCUT2D eigenvalue weighted by Crippen LogP contribution is 2.50. The Kier molecular flexibility index (Phi) is 7.11. The number of ether oxygens (including phenoxy) is 1. The van der Waals surface area contributed by atoms with Gasteiger partial charge in [-0.15, -0.1) is 0 Å². The molecule has 0 aliphatic rings. The minimum atomic E-state index is -0.391. The molecule has 0 radical (unpaired) electrons. The molecule has 0 N–H and O–H groups in total. The lowest BCUT2D eigenvalue weighted by molar-refractivity contribution is 0.309. The van der Waals surface area contributed by atoms with E-state index in [0.717, 1.165) is 5.75 Å². The number of hydrogen-bond donors (Lipinski definition) is 0. The van der Waals surface area contributed by atoms with Gasteiger partial charge in [-0.3, -0.25) is 0 Å². The largest absolute Gasteiger partial charge is 0.488 e. The van der Waals surface area contributed by atoms with Crippen LogP contribution in [-0.4, -0.2) is 11.3 Å². The second-order valence-corrected chi connectivity index (χ2v) is 14.2. The zero-order valence-electron chi connectivity index (χ0n) is 23.2. The molecule has 1 nitrogen and oxygen atoms in total. The van der Waals surface area contributed by atoms with Gasteiger partial charge in [0.25, 0.3) is 0 Å². The fraction of sp³-hybridized carbons (Fsp3) is 0.189. The fourth-order valence-electron chi connectivity index (χ4n) is 6.09. The Morgan fingerprint density at radius 3 is 1.67 bits per heavy atom. The van der Waals surface area contributed by atoms with Gasteiger partial charge in [0.15, 0.2) is 0 Å². The van der Waals surface area contributed by atoms with Crippen molar-refractivity contribution in [1.29, 1.82) is 0 Å². The van der Waals surface area contributed by atoms with E-state index in [-0.39, 0.29) is 0 Å². The second-order valence-electron chi connectivity index (χ2n) is 10.9. The molecule has 0 amide bonds. The molecule has 0 aliphatic carbocycles. The van der Waals surface area contributed by atoms with Crippen molar-refractivity contribution in [2.45, 2.75) is 45.6 Å². The Balaban J connectivity index is 1.60. The number of fused-ring (bicyclic) bond motifs is 3. The molecule has 0 aromatic heterocycles. The smallest absolute Gasteiger partial charge is 0.128 e. The molecule has 0 saturated heterocycles. The molecular formula is C37H35OP. The van der Waals surface area contributed by atoms with Crippen LogP contribution in [0.25, 0.3) is 43.4 Å². The van der Waals surface area contributed by atoms with Crippen molar-refractivity contribution >= 4 is 45.5 Å². The van der Waals surface area contributed by atoms with Gasteiger partial charge in [0.1, 0.15) is 12.4 Å². The zero-order chi connectivity index (χ0) is 26.9. The minimum Gasteiger partial charge on any atom is -0.488 e. The third-order valence-corrected chi connectivity index (χ3v) is 10.9. The van der Waals surface area contributed by atoms with Crippen LogP contribution in [0, 0.1) is 0 Å². The lowest BCUT2D eigenvalue weighted by Crippen LogP contribution is -2.18. The van der Waals surface area contributed by atoms with Gasteiger partial charge in [0, 0.05) is 11.1 Å². The van der Waals surface area contributed by atoms with Crippen molar-refractivity contribution in [3.63, 3.8) is 0 Å². The zero-order valence-corrected chi connectivity index (χ0v) is 24.1. The first-order chi connectivity index (χ1) is 19.0. The van der Waals surface area contributed by atoms with E-state index in [4.69, 9.17) is 4.74 Å². The topological polar surface area (TPSA) is 9.23 Å². The minimum absolute atomic E-state index is 0.391. The Bertz CT molecular complexity index is 1770. The summed E-state index contributed by atoms with van der Waals surface area (Å²) in [5.41, 5.74) is 4.92. The molecule has 194 valence electrons. The molecule has 0 unspecified atom stereocenters. The van der Waals surface area contributed by atoms with Gasteiger partial charge >= 0.3 is 0 Å². The van der Waals surface area contributed by atoms with Gasteiger partial charge < -0.3 is 4.74 Å². The van der Waals surface area contributed by atoms with E-state index in [9.17, 15) is 0 Å². The van der Waals surface area contributed by atoms with Crippen molar-refractivity contribution in [2.75, 3.05) is 0 Å². The summed E-state index contributed by atoms with van der Waals surface area (Å²) in [4.78, 5) is 0. The van der Waals surface area contributed by atoms with E-state index in [1.807, 2.05) is 0 Å². The maximum atomic E-state index is 6.81. The molecule has 0 saturated carbocycles. The Labute approximate surface area is 233 Å². The van der Waals surface area contributed by atoms with Crippen LogP contribution in [0.5, 0.6) is 5.75 Å². The molecule has 0 atom stereocenters. The summed E-state index contributed by atoms with van der Waals surface area (Å²) in [6, 6.07) is 41.7. The molecule has 0 heterocycles. The van der Waals surface area contributed by atoms with Crippen LogP contribution in [0.15, 0.2) is 115 Å². The van der Waals surface area contributed by atoms with Crippen LogP contribution in [0.1, 0.15) is 33.3 Å². The standard InChI is InChI=1S/C37H35OP/c1-25(2)39(26(3)4)35-23-21-29-14-7-10-19-33(29)37(35)36-32-18-9-6-13-28(32)20-22-34(36)38-24-30-16-11-15-27-12-5-8-17-31(27)30/h5-23,25-26H,24H2,1-4H3. The van der Waals surface area contributed by atoms with E-state index in [2.05, 4.69) is 143 Å². The monoisotopic (exact) mass is 526 g/mol. The molecule has 2 heteroatoms. The van der Waals surface area contributed by atoms with Crippen LogP contribution in [0.4, 0.5) is 0 Å². The number of rotatable bonds is 7. The SMILES string of the molecule is CC(C)P(c1ccc2ccccc2c1-c1c(OCc2cccc3ccccc23)ccc2ccccc12)C(C)C. The van der Waals surface area contributed by atoms with Crippen molar-refractivity contribution in [1.82, 2.24) is 0 Å². The molecule has 6 rings (SSSR count). The quantitative estimate of drug-likeness (QED) is 0.188. The molecule has 0 spiro atoms. The van der Waals surface area contributed by atoms with E-state index < -0.39 is 7.92 Å². The van der Waals surface area contributed by atoms with Gasteiger partial charge in [-0.2, -0.15) is 0 Å². The number of benzene rings is 6. The van der Waals surface area contributed by atoms with Crippen molar-refractivity contribution in [3.8, 4) is 16.9 Å². The van der Waals surface area contributed by atoms with Gasteiger partial charge in [-0.05, 0) is 60.6 Å². The predicted octanol–water partition coefficient (Wildman–Crippen LogP) is 10.3. The lowest BCUT2D eigenvalue weighted by atomic mass is 9.93.